The molecular formula is C7H8BrClOS. The van der Waals surface area contributed by atoms with E-state index in [0.717, 1.165) is 9.35 Å². The number of aliphatic hydroxyl groups excluding tert-OH is 1. The Morgan fingerprint density at radius 3 is 2.73 bits per heavy atom. The van der Waals surface area contributed by atoms with Gasteiger partial charge in [0.1, 0.15) is 6.10 Å². The van der Waals surface area contributed by atoms with E-state index in [0.29, 0.717) is 0 Å². The largest absolute Gasteiger partial charge is 0.386 e. The van der Waals surface area contributed by atoms with Gasteiger partial charge in [-0.25, -0.2) is 0 Å². The van der Waals surface area contributed by atoms with Gasteiger partial charge in [-0.1, -0.05) is 0 Å². The van der Waals surface area contributed by atoms with E-state index in [1.54, 1.807) is 6.92 Å². The van der Waals surface area contributed by atoms with E-state index in [1.165, 1.54) is 11.3 Å². The van der Waals surface area contributed by atoms with E-state index >= 15 is 0 Å². The lowest BCUT2D eigenvalue weighted by Gasteiger charge is -2.09. The summed E-state index contributed by atoms with van der Waals surface area (Å²) in [5.41, 5.74) is 0. The van der Waals surface area contributed by atoms with Gasteiger partial charge in [0.05, 0.1) is 5.38 Å². The zero-order valence-electron chi connectivity index (χ0n) is 5.92. The van der Waals surface area contributed by atoms with Crippen LogP contribution >= 0.6 is 38.9 Å². The molecule has 1 heterocycles. The molecule has 0 aliphatic rings. The molecule has 1 nitrogen and oxygen atoms in total. The first-order chi connectivity index (χ1) is 5.11. The summed E-state index contributed by atoms with van der Waals surface area (Å²) in [6, 6.07) is 1.88. The van der Waals surface area contributed by atoms with E-state index in [4.69, 9.17) is 11.6 Å². The van der Waals surface area contributed by atoms with E-state index < -0.39 is 6.10 Å². The topological polar surface area (TPSA) is 20.2 Å². The molecule has 0 amide bonds. The highest BCUT2D eigenvalue weighted by Crippen LogP contribution is 2.29. The van der Waals surface area contributed by atoms with Gasteiger partial charge in [0.25, 0.3) is 0 Å². The van der Waals surface area contributed by atoms with Crippen molar-refractivity contribution in [2.24, 2.45) is 0 Å². The molecule has 62 valence electrons. The highest BCUT2D eigenvalue weighted by Gasteiger charge is 2.15. The smallest absolute Gasteiger partial charge is 0.104 e. The lowest BCUT2D eigenvalue weighted by Crippen LogP contribution is -2.05. The van der Waals surface area contributed by atoms with Crippen molar-refractivity contribution in [3.05, 3.63) is 20.8 Å². The predicted octanol–water partition coefficient (Wildman–Crippen LogP) is 3.17. The Labute approximate surface area is 83.1 Å². The molecule has 0 saturated heterocycles. The maximum absolute atomic E-state index is 9.47. The molecule has 1 N–H and O–H groups in total. The Hall–Kier alpha value is 0.430. The molecule has 2 unspecified atom stereocenters. The lowest BCUT2D eigenvalue weighted by molar-refractivity contribution is 0.181. The second kappa shape index (κ2) is 3.90. The van der Waals surface area contributed by atoms with Crippen LogP contribution < -0.4 is 0 Å². The van der Waals surface area contributed by atoms with Crippen LogP contribution in [-0.2, 0) is 0 Å². The summed E-state index contributed by atoms with van der Waals surface area (Å²) in [6.45, 7) is 1.78. The fourth-order valence-electron chi connectivity index (χ4n) is 0.710. The maximum Gasteiger partial charge on any atom is 0.104 e. The van der Waals surface area contributed by atoms with Crippen molar-refractivity contribution in [1.29, 1.82) is 0 Å². The minimum absolute atomic E-state index is 0.236. The Morgan fingerprint density at radius 1 is 1.73 bits per heavy atom. The van der Waals surface area contributed by atoms with Gasteiger partial charge in [0.15, 0.2) is 0 Å². The van der Waals surface area contributed by atoms with Crippen LogP contribution in [0.5, 0.6) is 0 Å². The third kappa shape index (κ3) is 2.44. The van der Waals surface area contributed by atoms with Gasteiger partial charge < -0.3 is 5.11 Å². The van der Waals surface area contributed by atoms with E-state index in [2.05, 4.69) is 15.9 Å². The van der Waals surface area contributed by atoms with Crippen LogP contribution in [-0.4, -0.2) is 10.5 Å². The van der Waals surface area contributed by atoms with Crippen LogP contribution in [0.4, 0.5) is 0 Å². The zero-order valence-corrected chi connectivity index (χ0v) is 9.08. The van der Waals surface area contributed by atoms with Crippen molar-refractivity contribution in [3.8, 4) is 0 Å². The number of aliphatic hydroxyl groups is 1. The quantitative estimate of drug-likeness (QED) is 0.805. The normalized spacial score (nSPS) is 16.4. The van der Waals surface area contributed by atoms with Gasteiger partial charge >= 0.3 is 0 Å². The molecule has 0 bridgehead atoms. The van der Waals surface area contributed by atoms with Crippen LogP contribution in [0.15, 0.2) is 15.9 Å². The van der Waals surface area contributed by atoms with Gasteiger partial charge in [0.2, 0.25) is 0 Å². The van der Waals surface area contributed by atoms with Crippen molar-refractivity contribution in [2.75, 3.05) is 0 Å². The van der Waals surface area contributed by atoms with Crippen LogP contribution in [0.3, 0.4) is 0 Å². The minimum Gasteiger partial charge on any atom is -0.386 e. The average Bonchev–Trinajstić information content (AvgIpc) is 2.34. The molecule has 2 atom stereocenters. The molecule has 0 aliphatic carbocycles. The van der Waals surface area contributed by atoms with Gasteiger partial charge in [-0.3, -0.25) is 0 Å². The zero-order chi connectivity index (χ0) is 8.43. The molecule has 1 aromatic rings. The molecule has 0 fully saturated rings. The first-order valence-electron chi connectivity index (χ1n) is 3.17. The molecule has 11 heavy (non-hydrogen) atoms. The van der Waals surface area contributed by atoms with Crippen LogP contribution in [0.25, 0.3) is 0 Å². The Morgan fingerprint density at radius 2 is 2.36 bits per heavy atom. The fraction of sp³-hybridized carbons (Fsp3) is 0.429. The first kappa shape index (κ1) is 9.52. The van der Waals surface area contributed by atoms with E-state index in [1.807, 2.05) is 11.4 Å². The van der Waals surface area contributed by atoms with Crippen molar-refractivity contribution in [1.82, 2.24) is 0 Å². The Balaban J connectivity index is 2.76. The fourth-order valence-corrected chi connectivity index (χ4v) is 2.45. The Kier molecular flexibility index (Phi) is 3.37. The van der Waals surface area contributed by atoms with E-state index in [-0.39, 0.29) is 5.38 Å². The second-order valence-corrected chi connectivity index (χ2v) is 4.84. The lowest BCUT2D eigenvalue weighted by atomic mass is 10.2. The molecule has 0 saturated carbocycles. The Bertz CT molecular complexity index is 236. The van der Waals surface area contributed by atoms with Gasteiger partial charge in [-0.15, -0.1) is 22.9 Å². The molecule has 0 aromatic carbocycles. The summed E-state index contributed by atoms with van der Waals surface area (Å²) in [5.74, 6) is 0. The summed E-state index contributed by atoms with van der Waals surface area (Å²) in [4.78, 5) is 0.902. The summed E-state index contributed by atoms with van der Waals surface area (Å²) >= 11 is 10.5. The third-order valence-electron chi connectivity index (χ3n) is 1.31. The number of thiophene rings is 1. The first-order valence-corrected chi connectivity index (χ1v) is 5.28. The average molecular weight is 256 g/mol. The molecule has 0 spiro atoms. The van der Waals surface area contributed by atoms with Crippen molar-refractivity contribution >= 4 is 38.9 Å². The van der Waals surface area contributed by atoms with Crippen LogP contribution in [0.2, 0.25) is 0 Å². The van der Waals surface area contributed by atoms with Gasteiger partial charge in [0, 0.05) is 14.7 Å². The number of halogens is 2. The molecular weight excluding hydrogens is 247 g/mol. The molecule has 4 heteroatoms. The van der Waals surface area contributed by atoms with Gasteiger partial charge in [-0.2, -0.15) is 0 Å². The minimum atomic E-state index is -0.548. The van der Waals surface area contributed by atoms with Crippen molar-refractivity contribution in [2.45, 2.75) is 18.4 Å². The maximum atomic E-state index is 9.47. The van der Waals surface area contributed by atoms with Crippen LogP contribution in [0.1, 0.15) is 17.9 Å². The summed E-state index contributed by atoms with van der Waals surface area (Å²) in [5, 5.41) is 11.2. The highest BCUT2D eigenvalue weighted by atomic mass is 79.9. The predicted molar refractivity (Wildman–Crippen MR) is 52.3 cm³/mol. The number of hydrogen-bond acceptors (Lipinski definition) is 2. The molecule has 1 aromatic heterocycles. The molecule has 0 aliphatic heterocycles. The van der Waals surface area contributed by atoms with Crippen LogP contribution in [0, 0.1) is 0 Å². The molecule has 1 rings (SSSR count). The summed E-state index contributed by atoms with van der Waals surface area (Å²) in [7, 11) is 0. The summed E-state index contributed by atoms with van der Waals surface area (Å²) < 4.78 is 0.994. The van der Waals surface area contributed by atoms with Crippen molar-refractivity contribution < 1.29 is 5.11 Å². The van der Waals surface area contributed by atoms with E-state index in [9.17, 15) is 5.11 Å². The number of hydrogen-bond donors (Lipinski definition) is 1. The summed E-state index contributed by atoms with van der Waals surface area (Å²) in [6.07, 6.45) is -0.548. The third-order valence-corrected chi connectivity index (χ3v) is 3.32. The second-order valence-electron chi connectivity index (χ2n) is 2.29. The number of rotatable bonds is 2. The standard InChI is InChI=1S/C7H8BrClOS/c1-4(9)7(10)6-2-5(8)3-11-6/h2-4,7,10H,1H3. The monoisotopic (exact) mass is 254 g/mol. The molecule has 0 radical (unpaired) electrons. The highest BCUT2D eigenvalue weighted by molar-refractivity contribution is 9.10. The van der Waals surface area contributed by atoms with Crippen molar-refractivity contribution in [3.63, 3.8) is 0 Å². The SMILES string of the molecule is CC(Cl)C(O)c1cc(Br)cs1. The van der Waals surface area contributed by atoms with Gasteiger partial charge in [-0.05, 0) is 28.9 Å². The number of alkyl halides is 1.